The van der Waals surface area contributed by atoms with Crippen LogP contribution in [0, 0.1) is 0 Å². The van der Waals surface area contributed by atoms with Crippen LogP contribution in [0.4, 0.5) is 10.7 Å². The number of amides is 2. The first-order valence-electron chi connectivity index (χ1n) is 5.82. The number of carbonyl (C=O) groups excluding carboxylic acids is 2. The van der Waals surface area contributed by atoms with Crippen LogP contribution in [-0.4, -0.2) is 24.3 Å². The lowest BCUT2D eigenvalue weighted by Gasteiger charge is -2.06. The molecule has 1 heterocycles. The molecule has 2 amide bonds. The Morgan fingerprint density at radius 2 is 2.00 bits per heavy atom. The van der Waals surface area contributed by atoms with Crippen molar-refractivity contribution in [2.45, 2.75) is 6.54 Å². The van der Waals surface area contributed by atoms with Crippen molar-refractivity contribution in [2.24, 2.45) is 0 Å². The second kappa shape index (κ2) is 6.37. The topological polar surface area (TPSA) is 93.5 Å². The van der Waals surface area contributed by atoms with Crippen molar-refractivity contribution in [3.8, 4) is 0 Å². The van der Waals surface area contributed by atoms with Crippen molar-refractivity contribution in [1.29, 1.82) is 0 Å². The fourth-order valence-corrected chi connectivity index (χ4v) is 1.50. The number of hydrogen-bond acceptors (Lipinski definition) is 5. The molecule has 2 N–H and O–H groups in total. The summed E-state index contributed by atoms with van der Waals surface area (Å²) in [6.07, 6.45) is 1.43. The normalized spacial score (nSPS) is 9.85. The smallest absolute Gasteiger partial charge is 0.337 e. The van der Waals surface area contributed by atoms with Crippen LogP contribution in [0.15, 0.2) is 41.1 Å². The summed E-state index contributed by atoms with van der Waals surface area (Å²) in [6.45, 7) is 0.321. The second-order valence-electron chi connectivity index (χ2n) is 3.87. The minimum Gasteiger partial charge on any atom is -0.465 e. The number of esters is 1. The molecule has 0 saturated heterocycles. The van der Waals surface area contributed by atoms with Crippen molar-refractivity contribution in [2.75, 3.05) is 12.4 Å². The first kappa shape index (κ1) is 13.6. The summed E-state index contributed by atoms with van der Waals surface area (Å²) in [5, 5.41) is 8.59. The van der Waals surface area contributed by atoms with Crippen LogP contribution < -0.4 is 10.6 Å². The van der Waals surface area contributed by atoms with Crippen LogP contribution in [0.1, 0.15) is 15.9 Å². The van der Waals surface area contributed by atoms with Crippen molar-refractivity contribution in [3.05, 3.63) is 47.7 Å². The van der Waals surface area contributed by atoms with Gasteiger partial charge in [0.25, 0.3) is 0 Å². The Hall–Kier alpha value is -2.83. The number of urea groups is 1. The number of ether oxygens (including phenoxy) is 1. The van der Waals surface area contributed by atoms with Gasteiger partial charge >= 0.3 is 12.0 Å². The predicted octanol–water partition coefficient (Wildman–Crippen LogP) is 1.78. The van der Waals surface area contributed by atoms with Gasteiger partial charge < -0.3 is 14.6 Å². The maximum absolute atomic E-state index is 11.5. The van der Waals surface area contributed by atoms with Gasteiger partial charge in [-0.15, -0.1) is 0 Å². The molecule has 0 spiro atoms. The van der Waals surface area contributed by atoms with Crippen molar-refractivity contribution < 1.29 is 18.8 Å². The molecule has 7 heteroatoms. The van der Waals surface area contributed by atoms with Gasteiger partial charge in [0, 0.05) is 12.6 Å². The van der Waals surface area contributed by atoms with E-state index in [0.29, 0.717) is 12.1 Å². The van der Waals surface area contributed by atoms with Gasteiger partial charge in [-0.3, -0.25) is 5.32 Å². The highest BCUT2D eigenvalue weighted by Gasteiger charge is 2.06. The summed E-state index contributed by atoms with van der Waals surface area (Å²) < 4.78 is 9.34. The fourth-order valence-electron chi connectivity index (χ4n) is 1.50. The SMILES string of the molecule is COC(=O)c1ccc(CNC(=O)Nc2ccno2)cc1. The summed E-state index contributed by atoms with van der Waals surface area (Å²) in [5.41, 5.74) is 1.31. The lowest BCUT2D eigenvalue weighted by Crippen LogP contribution is -2.27. The second-order valence-corrected chi connectivity index (χ2v) is 3.87. The van der Waals surface area contributed by atoms with E-state index in [0.717, 1.165) is 5.56 Å². The molecule has 0 bridgehead atoms. The van der Waals surface area contributed by atoms with Gasteiger partial charge in [0.2, 0.25) is 5.88 Å². The summed E-state index contributed by atoms with van der Waals surface area (Å²) in [7, 11) is 1.33. The summed E-state index contributed by atoms with van der Waals surface area (Å²) in [4.78, 5) is 22.8. The summed E-state index contributed by atoms with van der Waals surface area (Å²) >= 11 is 0. The van der Waals surface area contributed by atoms with E-state index in [9.17, 15) is 9.59 Å². The molecule has 104 valence electrons. The van der Waals surface area contributed by atoms with E-state index in [1.54, 1.807) is 24.3 Å². The van der Waals surface area contributed by atoms with Crippen LogP contribution in [0.3, 0.4) is 0 Å². The van der Waals surface area contributed by atoms with Gasteiger partial charge in [-0.05, 0) is 17.7 Å². The van der Waals surface area contributed by atoms with E-state index < -0.39 is 12.0 Å². The minimum absolute atomic E-state index is 0.267. The largest absolute Gasteiger partial charge is 0.465 e. The molecule has 1 aromatic carbocycles. The maximum Gasteiger partial charge on any atom is 0.337 e. The molecule has 0 aliphatic carbocycles. The molecule has 20 heavy (non-hydrogen) atoms. The Morgan fingerprint density at radius 1 is 1.25 bits per heavy atom. The minimum atomic E-state index is -0.404. The summed E-state index contributed by atoms with van der Waals surface area (Å²) in [6, 6.07) is 7.87. The molecular weight excluding hydrogens is 262 g/mol. The van der Waals surface area contributed by atoms with Crippen molar-refractivity contribution in [1.82, 2.24) is 10.5 Å². The van der Waals surface area contributed by atoms with Gasteiger partial charge in [-0.25, -0.2) is 9.59 Å². The fraction of sp³-hybridized carbons (Fsp3) is 0.154. The number of benzene rings is 1. The van der Waals surface area contributed by atoms with Gasteiger partial charge in [-0.1, -0.05) is 17.3 Å². The number of aromatic nitrogens is 1. The Morgan fingerprint density at radius 3 is 2.60 bits per heavy atom. The molecule has 0 radical (unpaired) electrons. The van der Waals surface area contributed by atoms with Crippen molar-refractivity contribution in [3.63, 3.8) is 0 Å². The molecule has 0 fully saturated rings. The number of anilines is 1. The Balaban J connectivity index is 1.84. The third-order valence-corrected chi connectivity index (χ3v) is 2.50. The van der Waals surface area contributed by atoms with Crippen molar-refractivity contribution >= 4 is 17.9 Å². The number of carbonyl (C=O) groups is 2. The Labute approximate surface area is 114 Å². The van der Waals surface area contributed by atoms with Crippen LogP contribution in [0.2, 0.25) is 0 Å². The number of hydrogen-bond donors (Lipinski definition) is 2. The maximum atomic E-state index is 11.5. The molecule has 0 unspecified atom stereocenters. The Kier molecular flexibility index (Phi) is 4.33. The number of nitrogens with zero attached hydrogens (tertiary/aromatic N) is 1. The highest BCUT2D eigenvalue weighted by atomic mass is 16.5. The van der Waals surface area contributed by atoms with Gasteiger partial charge in [-0.2, -0.15) is 0 Å². The average Bonchev–Trinajstić information content (AvgIpc) is 2.97. The molecule has 2 rings (SSSR count). The molecule has 2 aromatic rings. The van der Waals surface area contributed by atoms with Crippen LogP contribution >= 0.6 is 0 Å². The third kappa shape index (κ3) is 3.58. The zero-order valence-corrected chi connectivity index (χ0v) is 10.8. The quantitative estimate of drug-likeness (QED) is 0.829. The van der Waals surface area contributed by atoms with Crippen LogP contribution in [0.5, 0.6) is 0 Å². The van der Waals surface area contributed by atoms with Crippen LogP contribution in [-0.2, 0) is 11.3 Å². The molecule has 1 aromatic heterocycles. The lowest BCUT2D eigenvalue weighted by atomic mass is 10.1. The van der Waals surface area contributed by atoms with E-state index in [-0.39, 0.29) is 5.88 Å². The lowest BCUT2D eigenvalue weighted by molar-refractivity contribution is 0.0600. The molecule has 0 atom stereocenters. The Bertz CT molecular complexity index is 578. The third-order valence-electron chi connectivity index (χ3n) is 2.50. The van der Waals surface area contributed by atoms with E-state index in [1.165, 1.54) is 19.4 Å². The number of methoxy groups -OCH3 is 1. The first-order chi connectivity index (χ1) is 9.69. The van der Waals surface area contributed by atoms with Gasteiger partial charge in [0.05, 0.1) is 18.9 Å². The highest BCUT2D eigenvalue weighted by molar-refractivity contribution is 5.89. The van der Waals surface area contributed by atoms with E-state index in [2.05, 4.69) is 20.5 Å². The van der Waals surface area contributed by atoms with E-state index >= 15 is 0 Å². The zero-order valence-electron chi connectivity index (χ0n) is 10.8. The molecule has 0 aliphatic heterocycles. The molecule has 0 aliphatic rings. The monoisotopic (exact) mass is 275 g/mol. The molecule has 0 saturated carbocycles. The number of rotatable bonds is 4. The molecular formula is C13H13N3O4. The van der Waals surface area contributed by atoms with Gasteiger partial charge in [0.1, 0.15) is 0 Å². The van der Waals surface area contributed by atoms with Crippen LogP contribution in [0.25, 0.3) is 0 Å². The zero-order chi connectivity index (χ0) is 14.4. The van der Waals surface area contributed by atoms with Gasteiger partial charge in [0.15, 0.2) is 0 Å². The first-order valence-corrected chi connectivity index (χ1v) is 5.82. The van der Waals surface area contributed by atoms with E-state index in [1.807, 2.05) is 0 Å². The summed E-state index contributed by atoms with van der Waals surface area (Å²) in [5.74, 6) is -0.129. The highest BCUT2D eigenvalue weighted by Crippen LogP contribution is 2.06. The standard InChI is InChI=1S/C13H13N3O4/c1-19-12(17)10-4-2-9(3-5-10)8-14-13(18)16-11-6-7-15-20-11/h2-7H,8H2,1H3,(H2,14,16,18). The average molecular weight is 275 g/mol. The van der Waals surface area contributed by atoms with E-state index in [4.69, 9.17) is 4.52 Å². The molecule has 7 nitrogen and oxygen atoms in total. The predicted molar refractivity (Wildman–Crippen MR) is 70.1 cm³/mol. The number of nitrogens with one attached hydrogen (secondary N) is 2.